The summed E-state index contributed by atoms with van der Waals surface area (Å²) in [5.41, 5.74) is 10.5. The van der Waals surface area contributed by atoms with E-state index in [1.807, 2.05) is 43.3 Å². The van der Waals surface area contributed by atoms with E-state index in [1.54, 1.807) is 20.3 Å². The zero-order valence-electron chi connectivity index (χ0n) is 15.2. The molecule has 1 heterocycles. The van der Waals surface area contributed by atoms with Gasteiger partial charge in [0.1, 0.15) is 28.9 Å². The van der Waals surface area contributed by atoms with Crippen LogP contribution in [0.3, 0.4) is 0 Å². The summed E-state index contributed by atoms with van der Waals surface area (Å²) < 4.78 is 11.7. The van der Waals surface area contributed by atoms with Crippen LogP contribution in [-0.2, 0) is 0 Å². The summed E-state index contributed by atoms with van der Waals surface area (Å²) in [6, 6.07) is 15.5. The van der Waals surface area contributed by atoms with Crippen molar-refractivity contribution in [1.82, 2.24) is 4.98 Å². The molecule has 0 atom stereocenters. The molecule has 0 unspecified atom stereocenters. The summed E-state index contributed by atoms with van der Waals surface area (Å²) >= 11 is 3.44. The number of rotatable bonds is 4. The number of nitrogens with zero attached hydrogens (tertiary/aromatic N) is 2. The van der Waals surface area contributed by atoms with Gasteiger partial charge >= 0.3 is 0 Å². The Bertz CT molecular complexity index is 1020. The SMILES string of the molecule is COc1cc(OC)cc(-c2c(C)c(-c3ccc(Br)cc3)nc(N)c2C#N)c1. The quantitative estimate of drug-likeness (QED) is 0.641. The average molecular weight is 424 g/mol. The number of nitrogen functional groups attached to an aromatic ring is 1. The molecule has 1 aromatic heterocycles. The molecular weight excluding hydrogens is 406 g/mol. The van der Waals surface area contributed by atoms with Crippen molar-refractivity contribution in [3.8, 4) is 40.0 Å². The van der Waals surface area contributed by atoms with E-state index in [0.29, 0.717) is 17.1 Å². The van der Waals surface area contributed by atoms with Crippen LogP contribution in [0.4, 0.5) is 5.82 Å². The second kappa shape index (κ2) is 7.68. The fourth-order valence-electron chi connectivity index (χ4n) is 3.01. The third-order valence-electron chi connectivity index (χ3n) is 4.34. The van der Waals surface area contributed by atoms with Crippen LogP contribution in [-0.4, -0.2) is 19.2 Å². The van der Waals surface area contributed by atoms with Crippen LogP contribution < -0.4 is 15.2 Å². The van der Waals surface area contributed by atoms with E-state index in [0.717, 1.165) is 32.4 Å². The molecule has 0 fully saturated rings. The number of anilines is 1. The third kappa shape index (κ3) is 3.60. The molecule has 0 aliphatic heterocycles. The first-order valence-electron chi connectivity index (χ1n) is 8.18. The Balaban J connectivity index is 2.32. The molecule has 5 nitrogen and oxygen atoms in total. The number of pyridine rings is 1. The van der Waals surface area contributed by atoms with Gasteiger partial charge in [0.05, 0.1) is 19.9 Å². The van der Waals surface area contributed by atoms with Crippen LogP contribution in [0.5, 0.6) is 11.5 Å². The third-order valence-corrected chi connectivity index (χ3v) is 4.87. The summed E-state index contributed by atoms with van der Waals surface area (Å²) in [7, 11) is 3.18. The zero-order chi connectivity index (χ0) is 19.6. The standard InChI is InChI=1S/C21H18BrN3O2/c1-12-19(14-8-16(26-2)10-17(9-14)27-3)18(11-23)21(24)25-20(12)13-4-6-15(22)7-5-13/h4-10H,1-3H3,(H2,24,25). The Labute approximate surface area is 166 Å². The number of halogens is 1. The molecule has 6 heteroatoms. The van der Waals surface area contributed by atoms with Crippen LogP contribution in [0.15, 0.2) is 46.9 Å². The highest BCUT2D eigenvalue weighted by Gasteiger charge is 2.19. The van der Waals surface area contributed by atoms with Gasteiger partial charge in [-0.05, 0) is 42.3 Å². The second-order valence-corrected chi connectivity index (χ2v) is 6.86. The summed E-state index contributed by atoms with van der Waals surface area (Å²) in [5, 5.41) is 9.70. The summed E-state index contributed by atoms with van der Waals surface area (Å²) in [6.45, 7) is 1.94. The van der Waals surface area contributed by atoms with Crippen molar-refractivity contribution in [3.63, 3.8) is 0 Å². The van der Waals surface area contributed by atoms with Gasteiger partial charge in [-0.25, -0.2) is 4.98 Å². The molecule has 3 aromatic rings. The lowest BCUT2D eigenvalue weighted by molar-refractivity contribution is 0.394. The number of nitrogens with two attached hydrogens (primary N) is 1. The average Bonchev–Trinajstić information content (AvgIpc) is 2.69. The monoisotopic (exact) mass is 423 g/mol. The zero-order valence-corrected chi connectivity index (χ0v) is 16.8. The van der Waals surface area contributed by atoms with Crippen LogP contribution in [0.25, 0.3) is 22.4 Å². The Kier molecular flexibility index (Phi) is 5.33. The first-order chi connectivity index (χ1) is 13.0. The Morgan fingerprint density at radius 2 is 1.59 bits per heavy atom. The van der Waals surface area contributed by atoms with E-state index in [-0.39, 0.29) is 5.82 Å². The molecule has 0 aliphatic carbocycles. The molecule has 27 heavy (non-hydrogen) atoms. The Morgan fingerprint density at radius 1 is 1.00 bits per heavy atom. The minimum atomic E-state index is 0.192. The van der Waals surface area contributed by atoms with Crippen molar-refractivity contribution in [2.24, 2.45) is 0 Å². The number of methoxy groups -OCH3 is 2. The molecule has 136 valence electrons. The van der Waals surface area contributed by atoms with Gasteiger partial charge in [-0.3, -0.25) is 0 Å². The first-order valence-corrected chi connectivity index (χ1v) is 8.97. The van der Waals surface area contributed by atoms with Crippen molar-refractivity contribution in [3.05, 3.63) is 58.1 Å². The van der Waals surface area contributed by atoms with E-state index < -0.39 is 0 Å². The van der Waals surface area contributed by atoms with Crippen molar-refractivity contribution in [1.29, 1.82) is 5.26 Å². The smallest absolute Gasteiger partial charge is 0.142 e. The molecule has 0 bridgehead atoms. The molecule has 0 radical (unpaired) electrons. The van der Waals surface area contributed by atoms with E-state index in [9.17, 15) is 5.26 Å². The summed E-state index contributed by atoms with van der Waals surface area (Å²) in [4.78, 5) is 4.49. The molecule has 2 N–H and O–H groups in total. The maximum Gasteiger partial charge on any atom is 0.142 e. The number of benzene rings is 2. The van der Waals surface area contributed by atoms with E-state index in [1.165, 1.54) is 0 Å². The molecule has 0 amide bonds. The molecule has 0 spiro atoms. The number of ether oxygens (including phenoxy) is 2. The highest BCUT2D eigenvalue weighted by atomic mass is 79.9. The molecule has 0 aliphatic rings. The lowest BCUT2D eigenvalue weighted by Gasteiger charge is -2.16. The number of hydrogen-bond acceptors (Lipinski definition) is 5. The van der Waals surface area contributed by atoms with Gasteiger partial charge in [0.25, 0.3) is 0 Å². The molecule has 3 rings (SSSR count). The summed E-state index contributed by atoms with van der Waals surface area (Å²) in [6.07, 6.45) is 0. The number of aromatic nitrogens is 1. The fraction of sp³-hybridized carbons (Fsp3) is 0.143. The minimum Gasteiger partial charge on any atom is -0.497 e. The normalized spacial score (nSPS) is 10.3. The first kappa shape index (κ1) is 18.7. The van der Waals surface area contributed by atoms with E-state index >= 15 is 0 Å². The van der Waals surface area contributed by atoms with E-state index in [4.69, 9.17) is 15.2 Å². The highest BCUT2D eigenvalue weighted by molar-refractivity contribution is 9.10. The van der Waals surface area contributed by atoms with Gasteiger partial charge in [0.15, 0.2) is 0 Å². The lowest BCUT2D eigenvalue weighted by atomic mass is 9.92. The molecule has 2 aromatic carbocycles. The molecular formula is C21H18BrN3O2. The van der Waals surface area contributed by atoms with Crippen molar-refractivity contribution >= 4 is 21.7 Å². The van der Waals surface area contributed by atoms with Crippen molar-refractivity contribution in [2.45, 2.75) is 6.92 Å². The number of nitriles is 1. The van der Waals surface area contributed by atoms with Crippen LogP contribution >= 0.6 is 15.9 Å². The van der Waals surface area contributed by atoms with Gasteiger partial charge in [0.2, 0.25) is 0 Å². The Hall–Kier alpha value is -3.04. The molecule has 0 saturated carbocycles. The van der Waals surface area contributed by atoms with Crippen LogP contribution in [0.1, 0.15) is 11.1 Å². The molecule has 0 saturated heterocycles. The maximum atomic E-state index is 9.70. The van der Waals surface area contributed by atoms with Crippen molar-refractivity contribution < 1.29 is 9.47 Å². The topological polar surface area (TPSA) is 81.2 Å². The summed E-state index contributed by atoms with van der Waals surface area (Å²) in [5.74, 6) is 1.46. The lowest BCUT2D eigenvalue weighted by Crippen LogP contribution is -2.03. The fourth-order valence-corrected chi connectivity index (χ4v) is 3.27. The van der Waals surface area contributed by atoms with Crippen LogP contribution in [0, 0.1) is 18.3 Å². The van der Waals surface area contributed by atoms with Gasteiger partial charge in [0, 0.05) is 21.7 Å². The van der Waals surface area contributed by atoms with Crippen LogP contribution in [0.2, 0.25) is 0 Å². The van der Waals surface area contributed by atoms with Gasteiger partial charge in [-0.1, -0.05) is 28.1 Å². The predicted octanol–water partition coefficient (Wildman–Crippen LogP) is 4.96. The van der Waals surface area contributed by atoms with Crippen molar-refractivity contribution in [2.75, 3.05) is 20.0 Å². The highest BCUT2D eigenvalue weighted by Crippen LogP contribution is 2.38. The minimum absolute atomic E-state index is 0.192. The second-order valence-electron chi connectivity index (χ2n) is 5.94. The van der Waals surface area contributed by atoms with Gasteiger partial charge < -0.3 is 15.2 Å². The van der Waals surface area contributed by atoms with E-state index in [2.05, 4.69) is 27.0 Å². The predicted molar refractivity (Wildman–Crippen MR) is 110 cm³/mol. The van der Waals surface area contributed by atoms with Gasteiger partial charge in [-0.2, -0.15) is 5.26 Å². The Morgan fingerprint density at radius 3 is 2.11 bits per heavy atom. The maximum absolute atomic E-state index is 9.70. The largest absolute Gasteiger partial charge is 0.497 e. The number of hydrogen-bond donors (Lipinski definition) is 1. The van der Waals surface area contributed by atoms with Gasteiger partial charge in [-0.15, -0.1) is 0 Å².